The Hall–Kier alpha value is -2.24. The van der Waals surface area contributed by atoms with Crippen molar-refractivity contribution in [2.75, 3.05) is 26.7 Å². The number of rotatable bonds is 4. The molecule has 1 aromatic carbocycles. The Kier molecular flexibility index (Phi) is 5.97. The summed E-state index contributed by atoms with van der Waals surface area (Å²) in [6, 6.07) is 16.2. The average molecular weight is 394 g/mol. The predicted octanol–water partition coefficient (Wildman–Crippen LogP) is 3.93. The minimum absolute atomic E-state index is 0.0175. The number of piperidine rings is 1. The molecule has 2 aliphatic rings. The average Bonchev–Trinajstić information content (AvgIpc) is 2.77. The Labute approximate surface area is 173 Å². The first-order valence-corrected chi connectivity index (χ1v) is 10.7. The van der Waals surface area contributed by atoms with E-state index in [-0.39, 0.29) is 23.7 Å². The summed E-state index contributed by atoms with van der Waals surface area (Å²) in [6.45, 7) is 4.82. The lowest BCUT2D eigenvalue weighted by molar-refractivity contribution is -0.170. The molecule has 3 heterocycles. The van der Waals surface area contributed by atoms with Crippen molar-refractivity contribution in [2.24, 2.45) is 0 Å². The molecule has 2 aliphatic heterocycles. The molecule has 0 saturated carbocycles. The number of amides is 1. The van der Waals surface area contributed by atoms with Crippen LogP contribution in [-0.4, -0.2) is 59.0 Å². The zero-order chi connectivity index (χ0) is 20.3. The number of nitrogens with zero attached hydrogens (tertiary/aromatic N) is 3. The largest absolute Gasteiger partial charge is 0.367 e. The van der Waals surface area contributed by atoms with Gasteiger partial charge in [0.15, 0.2) is 0 Å². The van der Waals surface area contributed by atoms with Crippen molar-refractivity contribution in [3.63, 3.8) is 0 Å². The van der Waals surface area contributed by atoms with Gasteiger partial charge in [-0.2, -0.15) is 0 Å². The van der Waals surface area contributed by atoms with Crippen molar-refractivity contribution < 1.29 is 9.53 Å². The van der Waals surface area contributed by atoms with Crippen LogP contribution in [0.2, 0.25) is 0 Å². The van der Waals surface area contributed by atoms with Gasteiger partial charge in [-0.1, -0.05) is 36.4 Å². The first-order chi connectivity index (χ1) is 14.1. The number of carbonyl (C=O) groups is 1. The van der Waals surface area contributed by atoms with Crippen LogP contribution in [0.1, 0.15) is 54.8 Å². The van der Waals surface area contributed by atoms with Crippen LogP contribution < -0.4 is 0 Å². The van der Waals surface area contributed by atoms with E-state index in [1.165, 1.54) is 5.56 Å². The summed E-state index contributed by atoms with van der Waals surface area (Å²) in [5.41, 5.74) is 1.57. The number of ether oxygens (including phenoxy) is 1. The second-order valence-electron chi connectivity index (χ2n) is 8.40. The number of hydrogen-bond donors (Lipinski definition) is 0. The van der Waals surface area contributed by atoms with Gasteiger partial charge in [0.05, 0.1) is 11.7 Å². The van der Waals surface area contributed by atoms with Gasteiger partial charge in [-0.15, -0.1) is 0 Å². The summed E-state index contributed by atoms with van der Waals surface area (Å²) in [5, 5.41) is 0. The van der Waals surface area contributed by atoms with Crippen LogP contribution in [0.5, 0.6) is 0 Å². The monoisotopic (exact) mass is 393 g/mol. The fourth-order valence-corrected chi connectivity index (χ4v) is 4.82. The molecule has 0 radical (unpaired) electrons. The van der Waals surface area contributed by atoms with Crippen molar-refractivity contribution >= 4 is 5.91 Å². The maximum absolute atomic E-state index is 13.3. The predicted molar refractivity (Wildman–Crippen MR) is 114 cm³/mol. The third kappa shape index (κ3) is 4.36. The van der Waals surface area contributed by atoms with E-state index in [9.17, 15) is 4.79 Å². The Morgan fingerprint density at radius 3 is 2.55 bits per heavy atom. The SMILES string of the molecule is CCN(C(=O)c1ccccn1)[C@H]1C[C@@H](c2ccccc2)OC2(CCN(C)CC2)C1. The molecule has 0 unspecified atom stereocenters. The van der Waals surface area contributed by atoms with E-state index >= 15 is 0 Å². The maximum Gasteiger partial charge on any atom is 0.272 e. The number of carbonyl (C=O) groups excluding carboxylic acids is 1. The van der Waals surface area contributed by atoms with Gasteiger partial charge in [0.1, 0.15) is 5.69 Å². The van der Waals surface area contributed by atoms with E-state index in [4.69, 9.17) is 4.74 Å². The summed E-state index contributed by atoms with van der Waals surface area (Å²) in [7, 11) is 2.17. The number of likely N-dealkylation sites (tertiary alicyclic amines) is 1. The highest BCUT2D eigenvalue weighted by molar-refractivity contribution is 5.92. The molecule has 1 spiro atoms. The van der Waals surface area contributed by atoms with Gasteiger partial charge in [0.2, 0.25) is 0 Å². The van der Waals surface area contributed by atoms with Crippen LogP contribution in [-0.2, 0) is 4.74 Å². The topological polar surface area (TPSA) is 45.7 Å². The van der Waals surface area contributed by atoms with Crippen LogP contribution in [0.15, 0.2) is 54.7 Å². The van der Waals surface area contributed by atoms with Crippen molar-refractivity contribution in [1.82, 2.24) is 14.8 Å². The Balaban J connectivity index is 1.62. The van der Waals surface area contributed by atoms with Crippen LogP contribution in [0.25, 0.3) is 0 Å². The van der Waals surface area contributed by atoms with Crippen LogP contribution in [0.4, 0.5) is 0 Å². The lowest BCUT2D eigenvalue weighted by Gasteiger charge is -2.50. The maximum atomic E-state index is 13.3. The molecule has 2 fully saturated rings. The minimum Gasteiger partial charge on any atom is -0.367 e. The number of aromatic nitrogens is 1. The molecular formula is C24H31N3O2. The molecule has 5 heteroatoms. The summed E-state index contributed by atoms with van der Waals surface area (Å²) in [6.07, 6.45) is 5.46. The van der Waals surface area contributed by atoms with E-state index in [0.717, 1.165) is 38.8 Å². The highest BCUT2D eigenvalue weighted by atomic mass is 16.5. The van der Waals surface area contributed by atoms with Crippen LogP contribution >= 0.6 is 0 Å². The highest BCUT2D eigenvalue weighted by Crippen LogP contribution is 2.44. The smallest absolute Gasteiger partial charge is 0.272 e. The van der Waals surface area contributed by atoms with Gasteiger partial charge in [0, 0.05) is 31.9 Å². The zero-order valence-corrected chi connectivity index (χ0v) is 17.5. The third-order valence-corrected chi connectivity index (χ3v) is 6.48. The van der Waals surface area contributed by atoms with E-state index in [0.29, 0.717) is 12.2 Å². The molecule has 2 aromatic rings. The van der Waals surface area contributed by atoms with Crippen molar-refractivity contribution in [1.29, 1.82) is 0 Å². The fraction of sp³-hybridized carbons (Fsp3) is 0.500. The molecule has 29 heavy (non-hydrogen) atoms. The molecule has 1 aromatic heterocycles. The van der Waals surface area contributed by atoms with Gasteiger partial charge in [-0.3, -0.25) is 9.78 Å². The number of hydrogen-bond acceptors (Lipinski definition) is 4. The van der Waals surface area contributed by atoms with Gasteiger partial charge in [-0.05, 0) is 57.4 Å². The standard InChI is InChI=1S/C24H31N3O2/c1-3-27(23(28)21-11-7-8-14-25-21)20-17-22(19-9-5-4-6-10-19)29-24(18-20)12-15-26(2)16-13-24/h4-11,14,20,22H,3,12-13,15-18H2,1-2H3/t20-,22-/m0/s1. The lowest BCUT2D eigenvalue weighted by Crippen LogP contribution is -2.55. The van der Waals surface area contributed by atoms with E-state index < -0.39 is 0 Å². The molecule has 2 atom stereocenters. The Morgan fingerprint density at radius 1 is 1.17 bits per heavy atom. The van der Waals surface area contributed by atoms with Gasteiger partial charge < -0.3 is 14.5 Å². The quantitative estimate of drug-likeness (QED) is 0.790. The van der Waals surface area contributed by atoms with Crippen molar-refractivity contribution in [3.8, 4) is 0 Å². The molecular weight excluding hydrogens is 362 g/mol. The van der Waals surface area contributed by atoms with E-state index in [2.05, 4.69) is 48.1 Å². The first kappa shape index (κ1) is 20.0. The van der Waals surface area contributed by atoms with E-state index in [1.54, 1.807) is 6.20 Å². The van der Waals surface area contributed by atoms with Gasteiger partial charge in [-0.25, -0.2) is 0 Å². The first-order valence-electron chi connectivity index (χ1n) is 10.7. The van der Waals surface area contributed by atoms with Gasteiger partial charge >= 0.3 is 0 Å². The Morgan fingerprint density at radius 2 is 1.90 bits per heavy atom. The third-order valence-electron chi connectivity index (χ3n) is 6.48. The minimum atomic E-state index is -0.159. The summed E-state index contributed by atoms with van der Waals surface area (Å²) in [4.78, 5) is 21.9. The van der Waals surface area contributed by atoms with Crippen molar-refractivity contribution in [3.05, 3.63) is 66.0 Å². The van der Waals surface area contributed by atoms with E-state index in [1.807, 2.05) is 29.2 Å². The lowest BCUT2D eigenvalue weighted by atomic mass is 9.79. The summed E-state index contributed by atoms with van der Waals surface area (Å²) < 4.78 is 6.78. The highest BCUT2D eigenvalue weighted by Gasteiger charge is 2.45. The molecule has 1 amide bonds. The molecule has 4 rings (SSSR count). The van der Waals surface area contributed by atoms with Gasteiger partial charge in [0.25, 0.3) is 5.91 Å². The number of pyridine rings is 1. The normalized spacial score (nSPS) is 24.3. The van der Waals surface area contributed by atoms with Crippen molar-refractivity contribution in [2.45, 2.75) is 50.4 Å². The molecule has 2 saturated heterocycles. The second kappa shape index (κ2) is 8.64. The molecule has 5 nitrogen and oxygen atoms in total. The summed E-state index contributed by atoms with van der Waals surface area (Å²) in [5.74, 6) is 0.0230. The van der Waals surface area contributed by atoms with Crippen LogP contribution in [0, 0.1) is 0 Å². The molecule has 0 bridgehead atoms. The summed E-state index contributed by atoms with van der Waals surface area (Å²) >= 11 is 0. The van der Waals surface area contributed by atoms with Crippen LogP contribution in [0.3, 0.4) is 0 Å². The molecule has 0 aliphatic carbocycles. The second-order valence-corrected chi connectivity index (χ2v) is 8.40. The fourth-order valence-electron chi connectivity index (χ4n) is 4.82. The zero-order valence-electron chi connectivity index (χ0n) is 17.5. The Bertz CT molecular complexity index is 803. The molecule has 0 N–H and O–H groups in total. The number of benzene rings is 1. The molecule has 154 valence electrons.